The van der Waals surface area contributed by atoms with Gasteiger partial charge in [-0.25, -0.2) is 9.59 Å². The van der Waals surface area contributed by atoms with Gasteiger partial charge in [-0.05, 0) is 18.6 Å². The maximum atomic E-state index is 11.9. The number of aliphatic carboxylic acids is 1. The number of nitrogens with zero attached hydrogens (tertiary/aromatic N) is 1. The second kappa shape index (κ2) is 6.74. The highest BCUT2D eigenvalue weighted by Crippen LogP contribution is 2.21. The van der Waals surface area contributed by atoms with Gasteiger partial charge in [-0.1, -0.05) is 13.3 Å². The van der Waals surface area contributed by atoms with E-state index >= 15 is 0 Å². The summed E-state index contributed by atoms with van der Waals surface area (Å²) in [6.07, 6.45) is 2.19. The van der Waals surface area contributed by atoms with Crippen LogP contribution in [0.15, 0.2) is 0 Å². The Balaban J connectivity index is 2.47. The summed E-state index contributed by atoms with van der Waals surface area (Å²) >= 11 is 1.83. The van der Waals surface area contributed by atoms with Crippen LogP contribution >= 0.6 is 11.8 Å². The largest absolute Gasteiger partial charge is 0.480 e. The second-order valence-corrected chi connectivity index (χ2v) is 5.41. The molecule has 1 heterocycles. The Morgan fingerprint density at radius 2 is 2.29 bits per heavy atom. The topological polar surface area (TPSA) is 69.6 Å². The summed E-state index contributed by atoms with van der Waals surface area (Å²) in [6, 6.07) is -0.821. The molecule has 1 unspecified atom stereocenters. The number of hydrogen-bond donors (Lipinski definition) is 2. The molecule has 0 bridgehead atoms. The molecule has 0 saturated carbocycles. The summed E-state index contributed by atoms with van der Waals surface area (Å²) in [7, 11) is 1.73. The highest BCUT2D eigenvalue weighted by Gasteiger charge is 2.26. The lowest BCUT2D eigenvalue weighted by Gasteiger charge is -2.26. The summed E-state index contributed by atoms with van der Waals surface area (Å²) in [5.41, 5.74) is 0. The summed E-state index contributed by atoms with van der Waals surface area (Å²) in [6.45, 7) is 1.90. The highest BCUT2D eigenvalue weighted by molar-refractivity contribution is 7.99. The molecule has 17 heavy (non-hydrogen) atoms. The molecule has 5 nitrogen and oxygen atoms in total. The maximum Gasteiger partial charge on any atom is 0.326 e. The van der Waals surface area contributed by atoms with Crippen LogP contribution in [0.1, 0.15) is 26.2 Å². The fourth-order valence-corrected chi connectivity index (χ4v) is 3.06. The lowest BCUT2D eigenvalue weighted by molar-refractivity contribution is -0.139. The van der Waals surface area contributed by atoms with Gasteiger partial charge in [-0.3, -0.25) is 0 Å². The van der Waals surface area contributed by atoms with Gasteiger partial charge in [0.15, 0.2) is 0 Å². The number of carboxylic acid groups (broad SMARTS) is 1. The Labute approximate surface area is 106 Å². The molecule has 6 heteroatoms. The number of carbonyl (C=O) groups excluding carboxylic acids is 1. The van der Waals surface area contributed by atoms with Crippen molar-refractivity contribution >= 4 is 23.8 Å². The van der Waals surface area contributed by atoms with E-state index in [1.807, 2.05) is 18.7 Å². The molecule has 1 rings (SSSR count). The summed E-state index contributed by atoms with van der Waals surface area (Å²) in [5.74, 6) is 1.05. The SMILES string of the molecule is CCC[C@H](NC(=O)N(C)C1CCSC1)C(=O)O. The molecule has 1 aliphatic heterocycles. The molecule has 0 aliphatic carbocycles. The molecule has 0 aromatic rings. The first-order valence-electron chi connectivity index (χ1n) is 5.90. The van der Waals surface area contributed by atoms with Crippen molar-refractivity contribution in [3.63, 3.8) is 0 Å². The maximum absolute atomic E-state index is 11.9. The Kier molecular flexibility index (Phi) is 5.61. The van der Waals surface area contributed by atoms with Gasteiger partial charge in [0, 0.05) is 18.8 Å². The minimum absolute atomic E-state index is 0.232. The van der Waals surface area contributed by atoms with Crippen molar-refractivity contribution in [2.24, 2.45) is 0 Å². The van der Waals surface area contributed by atoms with E-state index in [1.54, 1.807) is 11.9 Å². The molecular formula is C11H20N2O3S. The molecule has 2 N–H and O–H groups in total. The van der Waals surface area contributed by atoms with Gasteiger partial charge in [0.25, 0.3) is 0 Å². The Morgan fingerprint density at radius 3 is 2.76 bits per heavy atom. The van der Waals surface area contributed by atoms with E-state index < -0.39 is 12.0 Å². The Morgan fingerprint density at radius 1 is 1.59 bits per heavy atom. The Hall–Kier alpha value is -0.910. The Bertz CT molecular complexity index is 280. The number of amides is 2. The third kappa shape index (κ3) is 4.11. The van der Waals surface area contributed by atoms with Gasteiger partial charge in [-0.15, -0.1) is 0 Å². The third-order valence-electron chi connectivity index (χ3n) is 2.95. The first-order valence-corrected chi connectivity index (χ1v) is 7.05. The minimum atomic E-state index is -0.964. The summed E-state index contributed by atoms with van der Waals surface area (Å²) < 4.78 is 0. The van der Waals surface area contributed by atoms with Crippen LogP contribution in [0.2, 0.25) is 0 Å². The van der Waals surface area contributed by atoms with Crippen molar-refractivity contribution in [3.8, 4) is 0 Å². The lowest BCUT2D eigenvalue weighted by atomic mass is 10.2. The number of nitrogens with one attached hydrogen (secondary N) is 1. The second-order valence-electron chi connectivity index (χ2n) is 4.26. The zero-order chi connectivity index (χ0) is 12.8. The van der Waals surface area contributed by atoms with Gasteiger partial charge in [-0.2, -0.15) is 11.8 Å². The summed E-state index contributed by atoms with van der Waals surface area (Å²) in [5, 5.41) is 11.5. The smallest absolute Gasteiger partial charge is 0.326 e. The number of thioether (sulfide) groups is 1. The van der Waals surface area contributed by atoms with Crippen LogP contribution in [-0.4, -0.2) is 52.6 Å². The van der Waals surface area contributed by atoms with Crippen molar-refractivity contribution in [2.45, 2.75) is 38.3 Å². The van der Waals surface area contributed by atoms with E-state index in [2.05, 4.69) is 5.32 Å². The molecule has 1 saturated heterocycles. The van der Waals surface area contributed by atoms with Gasteiger partial charge >= 0.3 is 12.0 Å². The van der Waals surface area contributed by atoms with Crippen LogP contribution in [0, 0.1) is 0 Å². The van der Waals surface area contributed by atoms with Crippen molar-refractivity contribution in [3.05, 3.63) is 0 Å². The van der Waals surface area contributed by atoms with Crippen LogP contribution < -0.4 is 5.32 Å². The van der Waals surface area contributed by atoms with Gasteiger partial charge in [0.2, 0.25) is 0 Å². The molecule has 2 atom stereocenters. The van der Waals surface area contributed by atoms with E-state index in [0.717, 1.165) is 24.3 Å². The highest BCUT2D eigenvalue weighted by atomic mass is 32.2. The molecule has 2 amide bonds. The molecule has 98 valence electrons. The fraction of sp³-hybridized carbons (Fsp3) is 0.818. The normalized spacial score (nSPS) is 20.9. The number of carbonyl (C=O) groups is 2. The van der Waals surface area contributed by atoms with Gasteiger partial charge in [0.1, 0.15) is 6.04 Å². The van der Waals surface area contributed by atoms with Crippen molar-refractivity contribution in [2.75, 3.05) is 18.6 Å². The predicted molar refractivity (Wildman–Crippen MR) is 68.4 cm³/mol. The number of carboxylic acids is 1. The average Bonchev–Trinajstić information content (AvgIpc) is 2.80. The molecule has 0 spiro atoms. The lowest BCUT2D eigenvalue weighted by Crippen LogP contribution is -2.49. The predicted octanol–water partition coefficient (Wildman–Crippen LogP) is 1.39. The van der Waals surface area contributed by atoms with Gasteiger partial charge in [0.05, 0.1) is 0 Å². The monoisotopic (exact) mass is 260 g/mol. The minimum Gasteiger partial charge on any atom is -0.480 e. The van der Waals surface area contributed by atoms with Crippen LogP contribution in [0.5, 0.6) is 0 Å². The van der Waals surface area contributed by atoms with E-state index in [1.165, 1.54) is 0 Å². The van der Waals surface area contributed by atoms with E-state index in [0.29, 0.717) is 6.42 Å². The zero-order valence-electron chi connectivity index (χ0n) is 10.3. The number of hydrogen-bond acceptors (Lipinski definition) is 3. The van der Waals surface area contributed by atoms with E-state index in [9.17, 15) is 9.59 Å². The van der Waals surface area contributed by atoms with Crippen LogP contribution in [0.25, 0.3) is 0 Å². The molecule has 0 aromatic heterocycles. The molecule has 0 aromatic carbocycles. The number of urea groups is 1. The molecule has 0 radical (unpaired) electrons. The third-order valence-corrected chi connectivity index (χ3v) is 4.09. The van der Waals surface area contributed by atoms with Crippen molar-refractivity contribution in [1.29, 1.82) is 0 Å². The standard InChI is InChI=1S/C11H20N2O3S/c1-3-4-9(10(14)15)12-11(16)13(2)8-5-6-17-7-8/h8-9H,3-7H2,1-2H3,(H,12,16)(H,14,15)/t8?,9-/m0/s1. The van der Waals surface area contributed by atoms with E-state index in [-0.39, 0.29) is 12.1 Å². The quantitative estimate of drug-likeness (QED) is 0.783. The van der Waals surface area contributed by atoms with Crippen LogP contribution in [0.3, 0.4) is 0 Å². The summed E-state index contributed by atoms with van der Waals surface area (Å²) in [4.78, 5) is 24.4. The van der Waals surface area contributed by atoms with E-state index in [4.69, 9.17) is 5.11 Å². The molecular weight excluding hydrogens is 240 g/mol. The van der Waals surface area contributed by atoms with Crippen LogP contribution in [0.4, 0.5) is 4.79 Å². The molecule has 1 aliphatic rings. The number of rotatable bonds is 5. The van der Waals surface area contributed by atoms with Crippen molar-refractivity contribution < 1.29 is 14.7 Å². The van der Waals surface area contributed by atoms with Crippen LogP contribution in [-0.2, 0) is 4.79 Å². The average molecular weight is 260 g/mol. The first-order chi connectivity index (χ1) is 8.06. The zero-order valence-corrected chi connectivity index (χ0v) is 11.1. The first kappa shape index (κ1) is 14.2. The van der Waals surface area contributed by atoms with Gasteiger partial charge < -0.3 is 15.3 Å². The molecule has 1 fully saturated rings. The van der Waals surface area contributed by atoms with Crippen molar-refractivity contribution in [1.82, 2.24) is 10.2 Å². The fourth-order valence-electron chi connectivity index (χ4n) is 1.79.